The lowest BCUT2D eigenvalue weighted by Crippen LogP contribution is -2.38. The summed E-state index contributed by atoms with van der Waals surface area (Å²) in [5.74, 6) is 0.836. The first-order valence-electron chi connectivity index (χ1n) is 10.2. The van der Waals surface area contributed by atoms with Crippen molar-refractivity contribution in [3.8, 4) is 11.5 Å². The van der Waals surface area contributed by atoms with Crippen LogP contribution in [0, 0.1) is 6.92 Å². The Bertz CT molecular complexity index is 1440. The maximum atomic E-state index is 13.0. The number of amides is 1. The van der Waals surface area contributed by atoms with Crippen molar-refractivity contribution in [3.63, 3.8) is 0 Å². The summed E-state index contributed by atoms with van der Waals surface area (Å²) < 4.78 is 13.1. The molecule has 0 radical (unpaired) electrons. The molecule has 2 aromatic heterocycles. The molecule has 8 nitrogen and oxygen atoms in total. The van der Waals surface area contributed by atoms with Gasteiger partial charge in [-0.15, -0.1) is 11.3 Å². The Morgan fingerprint density at radius 2 is 1.73 bits per heavy atom. The fraction of sp³-hybridized carbons (Fsp3) is 0.208. The van der Waals surface area contributed by atoms with Crippen LogP contribution in [0.1, 0.15) is 26.4 Å². The number of fused-ring (bicyclic) bond motifs is 1. The van der Waals surface area contributed by atoms with Crippen molar-refractivity contribution in [2.24, 2.45) is 0 Å². The Kier molecular flexibility index (Phi) is 6.32. The van der Waals surface area contributed by atoms with Gasteiger partial charge in [0.05, 0.1) is 20.8 Å². The molecule has 9 heteroatoms. The van der Waals surface area contributed by atoms with E-state index in [1.54, 1.807) is 33.3 Å². The van der Waals surface area contributed by atoms with Crippen LogP contribution in [0.25, 0.3) is 4.83 Å². The van der Waals surface area contributed by atoms with Gasteiger partial charge in [0.25, 0.3) is 11.5 Å². The fourth-order valence-electron chi connectivity index (χ4n) is 3.54. The SMILES string of the molecule is COc1ccc(CNC(=O)c2cn3c(=O)n(Cc4ccccc4)c(=O)c(C)c3s2)cc1OC. The third-order valence-electron chi connectivity index (χ3n) is 5.30. The van der Waals surface area contributed by atoms with Gasteiger partial charge in [-0.05, 0) is 30.2 Å². The zero-order valence-corrected chi connectivity index (χ0v) is 19.3. The van der Waals surface area contributed by atoms with Crippen molar-refractivity contribution in [1.29, 1.82) is 0 Å². The van der Waals surface area contributed by atoms with Crippen molar-refractivity contribution >= 4 is 22.1 Å². The molecule has 33 heavy (non-hydrogen) atoms. The number of nitrogens with one attached hydrogen (secondary N) is 1. The summed E-state index contributed by atoms with van der Waals surface area (Å²) in [7, 11) is 3.10. The topological polar surface area (TPSA) is 91.0 Å². The molecule has 0 aliphatic heterocycles. The van der Waals surface area contributed by atoms with Gasteiger partial charge < -0.3 is 14.8 Å². The maximum Gasteiger partial charge on any atom is 0.336 e. The monoisotopic (exact) mass is 465 g/mol. The van der Waals surface area contributed by atoms with E-state index in [0.717, 1.165) is 22.5 Å². The summed E-state index contributed by atoms with van der Waals surface area (Å²) in [6.45, 7) is 2.10. The van der Waals surface area contributed by atoms with Gasteiger partial charge >= 0.3 is 5.69 Å². The molecule has 2 aromatic carbocycles. The summed E-state index contributed by atoms with van der Waals surface area (Å²) in [6.07, 6.45) is 1.49. The third-order valence-corrected chi connectivity index (χ3v) is 6.51. The third kappa shape index (κ3) is 4.40. The van der Waals surface area contributed by atoms with Gasteiger partial charge in [0.2, 0.25) is 0 Å². The first-order chi connectivity index (χ1) is 15.9. The second-order valence-electron chi connectivity index (χ2n) is 7.43. The number of thiazole rings is 1. The van der Waals surface area contributed by atoms with Crippen molar-refractivity contribution in [2.45, 2.75) is 20.0 Å². The highest BCUT2D eigenvalue weighted by molar-refractivity contribution is 7.19. The number of carbonyl (C=O) groups is 1. The summed E-state index contributed by atoms with van der Waals surface area (Å²) in [4.78, 5) is 39.5. The molecular weight excluding hydrogens is 442 g/mol. The van der Waals surface area contributed by atoms with Crippen LogP contribution >= 0.6 is 11.3 Å². The molecule has 0 saturated heterocycles. The number of nitrogens with zero attached hydrogens (tertiary/aromatic N) is 2. The first-order valence-corrected chi connectivity index (χ1v) is 11.0. The molecule has 2 heterocycles. The molecule has 0 unspecified atom stereocenters. The van der Waals surface area contributed by atoms with Crippen LogP contribution in [0.4, 0.5) is 0 Å². The van der Waals surface area contributed by atoms with Crippen molar-refractivity contribution in [2.75, 3.05) is 14.2 Å². The van der Waals surface area contributed by atoms with Crippen LogP contribution in [0.3, 0.4) is 0 Å². The van der Waals surface area contributed by atoms with Gasteiger partial charge in [0.15, 0.2) is 11.5 Å². The number of aryl methyl sites for hydroxylation is 1. The zero-order valence-electron chi connectivity index (χ0n) is 18.5. The predicted octanol–water partition coefficient (Wildman–Crippen LogP) is 2.83. The molecule has 0 saturated carbocycles. The van der Waals surface area contributed by atoms with Crippen molar-refractivity contribution in [1.82, 2.24) is 14.3 Å². The number of rotatable bonds is 7. The molecule has 0 atom stereocenters. The van der Waals surface area contributed by atoms with Crippen LogP contribution in [0.5, 0.6) is 11.5 Å². The molecular formula is C24H23N3O5S. The summed E-state index contributed by atoms with van der Waals surface area (Å²) in [5, 5.41) is 2.85. The number of hydrogen-bond acceptors (Lipinski definition) is 6. The number of methoxy groups -OCH3 is 2. The highest BCUT2D eigenvalue weighted by Crippen LogP contribution is 2.27. The van der Waals surface area contributed by atoms with Gasteiger partial charge in [-0.3, -0.25) is 18.6 Å². The fourth-order valence-corrected chi connectivity index (χ4v) is 4.54. The smallest absolute Gasteiger partial charge is 0.336 e. The van der Waals surface area contributed by atoms with E-state index < -0.39 is 5.69 Å². The number of carbonyl (C=O) groups excluding carboxylic acids is 1. The lowest BCUT2D eigenvalue weighted by Gasteiger charge is -2.10. The number of benzene rings is 2. The minimum absolute atomic E-state index is 0.166. The lowest BCUT2D eigenvalue weighted by atomic mass is 10.2. The van der Waals surface area contributed by atoms with E-state index in [-0.39, 0.29) is 24.6 Å². The van der Waals surface area contributed by atoms with E-state index in [2.05, 4.69) is 5.32 Å². The van der Waals surface area contributed by atoms with E-state index in [0.29, 0.717) is 26.8 Å². The largest absolute Gasteiger partial charge is 0.493 e. The molecule has 4 rings (SSSR count). The van der Waals surface area contributed by atoms with E-state index in [1.165, 1.54) is 15.2 Å². The Hall–Kier alpha value is -3.85. The quantitative estimate of drug-likeness (QED) is 0.453. The minimum atomic E-state index is -0.473. The van der Waals surface area contributed by atoms with Crippen LogP contribution in [-0.2, 0) is 13.1 Å². The maximum absolute atomic E-state index is 13.0. The Morgan fingerprint density at radius 3 is 2.42 bits per heavy atom. The lowest BCUT2D eigenvalue weighted by molar-refractivity contribution is 0.0954. The van der Waals surface area contributed by atoms with Crippen LogP contribution in [-0.4, -0.2) is 29.1 Å². The molecule has 1 N–H and O–H groups in total. The van der Waals surface area contributed by atoms with Crippen LogP contribution in [0.2, 0.25) is 0 Å². The van der Waals surface area contributed by atoms with Gasteiger partial charge in [-0.1, -0.05) is 36.4 Å². The van der Waals surface area contributed by atoms with Crippen molar-refractivity contribution in [3.05, 3.63) is 97.1 Å². The predicted molar refractivity (Wildman–Crippen MR) is 127 cm³/mol. The highest BCUT2D eigenvalue weighted by atomic mass is 32.1. The van der Waals surface area contributed by atoms with Crippen LogP contribution in [0.15, 0.2) is 64.3 Å². The van der Waals surface area contributed by atoms with Gasteiger partial charge in [0.1, 0.15) is 9.71 Å². The van der Waals surface area contributed by atoms with E-state index in [4.69, 9.17) is 9.47 Å². The molecule has 0 bridgehead atoms. The molecule has 0 spiro atoms. The Balaban J connectivity index is 1.61. The van der Waals surface area contributed by atoms with Gasteiger partial charge in [-0.25, -0.2) is 4.79 Å². The van der Waals surface area contributed by atoms with E-state index in [1.807, 2.05) is 36.4 Å². The second kappa shape index (κ2) is 9.33. The van der Waals surface area contributed by atoms with Crippen molar-refractivity contribution < 1.29 is 14.3 Å². The summed E-state index contributed by atoms with van der Waals surface area (Å²) in [5.41, 5.74) is 1.27. The second-order valence-corrected chi connectivity index (χ2v) is 8.46. The number of hydrogen-bond donors (Lipinski definition) is 1. The molecule has 0 fully saturated rings. The minimum Gasteiger partial charge on any atom is -0.493 e. The average molecular weight is 466 g/mol. The molecule has 4 aromatic rings. The van der Waals surface area contributed by atoms with Crippen LogP contribution < -0.4 is 26.0 Å². The number of aromatic nitrogens is 2. The standard InChI is InChI=1S/C24H23N3O5S/c1-15-22(29)26(13-16-7-5-4-6-8-16)24(30)27-14-20(33-23(15)27)21(28)25-12-17-9-10-18(31-2)19(11-17)32-3/h4-11,14H,12-13H2,1-3H3,(H,25,28). The van der Waals surface area contributed by atoms with E-state index in [9.17, 15) is 14.4 Å². The highest BCUT2D eigenvalue weighted by Gasteiger charge is 2.18. The molecule has 1 amide bonds. The molecule has 0 aliphatic rings. The van der Waals surface area contributed by atoms with Gasteiger partial charge in [-0.2, -0.15) is 0 Å². The normalized spacial score (nSPS) is 10.9. The first kappa shape index (κ1) is 22.3. The Labute approximate surface area is 193 Å². The summed E-state index contributed by atoms with van der Waals surface area (Å²) in [6, 6.07) is 14.7. The van der Waals surface area contributed by atoms with Gasteiger partial charge in [0, 0.05) is 18.3 Å². The zero-order chi connectivity index (χ0) is 23.5. The molecule has 0 aliphatic carbocycles. The average Bonchev–Trinajstić information content (AvgIpc) is 3.30. The van der Waals surface area contributed by atoms with E-state index >= 15 is 0 Å². The Morgan fingerprint density at radius 1 is 1.00 bits per heavy atom. The number of ether oxygens (including phenoxy) is 2. The summed E-state index contributed by atoms with van der Waals surface area (Å²) >= 11 is 1.12. The molecule has 170 valence electrons.